The van der Waals surface area contributed by atoms with Crippen LogP contribution in [0.5, 0.6) is 0 Å². The van der Waals surface area contributed by atoms with Crippen LogP contribution in [0.3, 0.4) is 0 Å². The maximum Gasteiger partial charge on any atom is 0.410 e. The van der Waals surface area contributed by atoms with Gasteiger partial charge in [-0.05, 0) is 40.0 Å². The second-order valence-electron chi connectivity index (χ2n) is 6.93. The molecule has 2 aliphatic heterocycles. The van der Waals surface area contributed by atoms with Crippen LogP contribution >= 0.6 is 0 Å². The van der Waals surface area contributed by atoms with Crippen molar-refractivity contribution in [2.75, 3.05) is 26.3 Å². The number of hydrogen-bond acceptors (Lipinski definition) is 4. The van der Waals surface area contributed by atoms with Crippen molar-refractivity contribution < 1.29 is 14.3 Å². The van der Waals surface area contributed by atoms with Gasteiger partial charge in [0.1, 0.15) is 11.1 Å². The number of nitrogens with one attached hydrogen (secondary N) is 1. The fourth-order valence-corrected chi connectivity index (χ4v) is 3.12. The molecule has 2 fully saturated rings. The number of piperidine rings is 1. The van der Waals surface area contributed by atoms with Crippen LogP contribution in [-0.2, 0) is 9.53 Å². The highest BCUT2D eigenvalue weighted by molar-refractivity contribution is 5.88. The fraction of sp³-hybridized carbons (Fsp3) is 0.867. The zero-order chi connectivity index (χ0) is 15.7. The van der Waals surface area contributed by atoms with E-state index in [4.69, 9.17) is 4.74 Å². The van der Waals surface area contributed by atoms with Crippen molar-refractivity contribution in [3.05, 3.63) is 0 Å². The topological polar surface area (TPSA) is 61.9 Å². The van der Waals surface area contributed by atoms with Gasteiger partial charge in [-0.15, -0.1) is 0 Å². The summed E-state index contributed by atoms with van der Waals surface area (Å²) in [6.45, 7) is 10.4. The van der Waals surface area contributed by atoms with Crippen LogP contribution in [0.4, 0.5) is 4.79 Å². The predicted octanol–water partition coefficient (Wildman–Crippen LogP) is 1.56. The van der Waals surface area contributed by atoms with Gasteiger partial charge in [-0.1, -0.05) is 6.92 Å². The molecule has 120 valence electrons. The van der Waals surface area contributed by atoms with Crippen molar-refractivity contribution in [2.45, 2.75) is 58.1 Å². The highest BCUT2D eigenvalue weighted by Crippen LogP contribution is 2.32. The van der Waals surface area contributed by atoms with E-state index in [1.165, 1.54) is 0 Å². The molecule has 0 aromatic carbocycles. The molecule has 2 amide bonds. The van der Waals surface area contributed by atoms with Crippen LogP contribution in [0.15, 0.2) is 0 Å². The van der Waals surface area contributed by atoms with E-state index in [0.717, 1.165) is 13.0 Å². The van der Waals surface area contributed by atoms with Crippen molar-refractivity contribution >= 4 is 12.0 Å². The Morgan fingerprint density at radius 1 is 1.33 bits per heavy atom. The minimum Gasteiger partial charge on any atom is -0.444 e. The molecule has 2 rings (SSSR count). The van der Waals surface area contributed by atoms with Crippen LogP contribution in [0.1, 0.15) is 47.0 Å². The number of ether oxygens (including phenoxy) is 1. The Labute approximate surface area is 126 Å². The van der Waals surface area contributed by atoms with Crippen LogP contribution < -0.4 is 5.32 Å². The SMILES string of the molecule is CCCN1CNC(=O)C12CCN(C(=O)OC(C)(C)C)CC2. The van der Waals surface area contributed by atoms with Gasteiger partial charge in [0.2, 0.25) is 5.91 Å². The summed E-state index contributed by atoms with van der Waals surface area (Å²) >= 11 is 0. The predicted molar refractivity (Wildman–Crippen MR) is 79.8 cm³/mol. The quantitative estimate of drug-likeness (QED) is 0.840. The largest absolute Gasteiger partial charge is 0.444 e. The van der Waals surface area contributed by atoms with Gasteiger partial charge in [0, 0.05) is 19.6 Å². The molecule has 2 saturated heterocycles. The van der Waals surface area contributed by atoms with E-state index in [9.17, 15) is 9.59 Å². The summed E-state index contributed by atoms with van der Waals surface area (Å²) in [5.41, 5.74) is -0.903. The second-order valence-corrected chi connectivity index (χ2v) is 6.93. The van der Waals surface area contributed by atoms with E-state index >= 15 is 0 Å². The van der Waals surface area contributed by atoms with Crippen molar-refractivity contribution in [3.63, 3.8) is 0 Å². The lowest BCUT2D eigenvalue weighted by Crippen LogP contribution is -2.57. The average Bonchev–Trinajstić information content (AvgIpc) is 2.67. The molecule has 6 nitrogen and oxygen atoms in total. The lowest BCUT2D eigenvalue weighted by Gasteiger charge is -2.42. The molecule has 0 aliphatic carbocycles. The first-order chi connectivity index (χ1) is 9.78. The van der Waals surface area contributed by atoms with Crippen molar-refractivity contribution in [1.82, 2.24) is 15.1 Å². The number of carbonyl (C=O) groups is 2. The minimum atomic E-state index is -0.481. The van der Waals surface area contributed by atoms with Gasteiger partial charge in [-0.25, -0.2) is 4.79 Å². The molecule has 0 unspecified atom stereocenters. The third-order valence-electron chi connectivity index (χ3n) is 4.19. The Hall–Kier alpha value is -1.30. The summed E-state index contributed by atoms with van der Waals surface area (Å²) in [7, 11) is 0. The van der Waals surface area contributed by atoms with Crippen LogP contribution in [0.2, 0.25) is 0 Å². The number of amides is 2. The molecule has 1 spiro atoms. The summed E-state index contributed by atoms with van der Waals surface area (Å²) in [6, 6.07) is 0. The second kappa shape index (κ2) is 5.83. The lowest BCUT2D eigenvalue weighted by atomic mass is 9.86. The summed E-state index contributed by atoms with van der Waals surface area (Å²) in [6.07, 6.45) is 2.10. The van der Waals surface area contributed by atoms with E-state index < -0.39 is 11.1 Å². The van der Waals surface area contributed by atoms with E-state index in [0.29, 0.717) is 32.6 Å². The first-order valence-electron chi connectivity index (χ1n) is 7.80. The number of hydrogen-bond donors (Lipinski definition) is 1. The molecule has 2 aliphatic rings. The number of nitrogens with zero attached hydrogens (tertiary/aromatic N) is 2. The Kier molecular flexibility index (Phi) is 4.46. The summed E-state index contributed by atoms with van der Waals surface area (Å²) in [4.78, 5) is 28.3. The Balaban J connectivity index is 1.98. The molecular weight excluding hydrogens is 270 g/mol. The maximum absolute atomic E-state index is 12.3. The van der Waals surface area contributed by atoms with Gasteiger partial charge in [-0.2, -0.15) is 0 Å². The van der Waals surface area contributed by atoms with E-state index in [1.54, 1.807) is 4.90 Å². The van der Waals surface area contributed by atoms with E-state index in [2.05, 4.69) is 17.1 Å². The average molecular weight is 297 g/mol. The highest BCUT2D eigenvalue weighted by Gasteiger charge is 2.50. The van der Waals surface area contributed by atoms with Crippen LogP contribution in [0, 0.1) is 0 Å². The number of carbonyl (C=O) groups excluding carboxylic acids is 2. The number of likely N-dealkylation sites (tertiary alicyclic amines) is 1. The fourth-order valence-electron chi connectivity index (χ4n) is 3.12. The molecule has 0 atom stereocenters. The molecule has 0 bridgehead atoms. The summed E-state index contributed by atoms with van der Waals surface area (Å²) in [5, 5.41) is 2.95. The standard InChI is InChI=1S/C15H27N3O3/c1-5-8-18-11-16-12(19)15(18)6-9-17(10-7-15)13(20)21-14(2,3)4/h5-11H2,1-4H3,(H,16,19). The van der Waals surface area contributed by atoms with Gasteiger partial charge in [-0.3, -0.25) is 9.69 Å². The Morgan fingerprint density at radius 2 is 1.95 bits per heavy atom. The van der Waals surface area contributed by atoms with Crippen molar-refractivity contribution in [2.24, 2.45) is 0 Å². The molecule has 0 aromatic rings. The third-order valence-corrected chi connectivity index (χ3v) is 4.19. The van der Waals surface area contributed by atoms with Crippen LogP contribution in [-0.4, -0.2) is 59.2 Å². The lowest BCUT2D eigenvalue weighted by molar-refractivity contribution is -0.129. The molecule has 0 aromatic heterocycles. The minimum absolute atomic E-state index is 0.111. The molecule has 2 heterocycles. The van der Waals surface area contributed by atoms with E-state index in [1.807, 2.05) is 20.8 Å². The summed E-state index contributed by atoms with van der Waals surface area (Å²) < 4.78 is 5.40. The zero-order valence-electron chi connectivity index (χ0n) is 13.6. The van der Waals surface area contributed by atoms with Gasteiger partial charge in [0.05, 0.1) is 6.67 Å². The number of rotatable bonds is 2. The van der Waals surface area contributed by atoms with Crippen LogP contribution in [0.25, 0.3) is 0 Å². The zero-order valence-corrected chi connectivity index (χ0v) is 13.6. The van der Waals surface area contributed by atoms with Gasteiger partial charge in [0.25, 0.3) is 0 Å². The van der Waals surface area contributed by atoms with Gasteiger partial charge in [0.15, 0.2) is 0 Å². The van der Waals surface area contributed by atoms with Gasteiger partial charge < -0.3 is 15.0 Å². The highest BCUT2D eigenvalue weighted by atomic mass is 16.6. The molecular formula is C15H27N3O3. The molecule has 21 heavy (non-hydrogen) atoms. The molecule has 6 heteroatoms. The first-order valence-corrected chi connectivity index (χ1v) is 7.80. The third kappa shape index (κ3) is 3.31. The molecule has 0 radical (unpaired) electrons. The molecule has 0 saturated carbocycles. The van der Waals surface area contributed by atoms with Crippen molar-refractivity contribution in [3.8, 4) is 0 Å². The molecule has 1 N–H and O–H groups in total. The normalized spacial score (nSPS) is 22.5. The Bertz CT molecular complexity index is 409. The van der Waals surface area contributed by atoms with E-state index in [-0.39, 0.29) is 12.0 Å². The maximum atomic E-state index is 12.3. The summed E-state index contributed by atoms with van der Waals surface area (Å²) in [5.74, 6) is 0.111. The Morgan fingerprint density at radius 3 is 2.48 bits per heavy atom. The monoisotopic (exact) mass is 297 g/mol. The first kappa shape index (κ1) is 16.1. The van der Waals surface area contributed by atoms with Gasteiger partial charge >= 0.3 is 6.09 Å². The smallest absolute Gasteiger partial charge is 0.410 e. The van der Waals surface area contributed by atoms with Crippen molar-refractivity contribution in [1.29, 1.82) is 0 Å².